The number of sulfonamides is 1. The van der Waals surface area contributed by atoms with Gasteiger partial charge < -0.3 is 5.32 Å². The summed E-state index contributed by atoms with van der Waals surface area (Å²) in [5.74, 6) is -0.332. The number of aryl methyl sites for hydroxylation is 1. The maximum atomic E-state index is 12.5. The van der Waals surface area contributed by atoms with Crippen molar-refractivity contribution in [3.63, 3.8) is 0 Å². The van der Waals surface area contributed by atoms with Gasteiger partial charge in [-0.15, -0.1) is 11.8 Å². The number of thioether (sulfide) groups is 1. The summed E-state index contributed by atoms with van der Waals surface area (Å²) in [5.41, 5.74) is 1.03. The average molecular weight is 427 g/mol. The van der Waals surface area contributed by atoms with Gasteiger partial charge in [0.2, 0.25) is 15.9 Å². The fourth-order valence-corrected chi connectivity index (χ4v) is 4.24. The summed E-state index contributed by atoms with van der Waals surface area (Å²) in [5, 5.41) is 3.46. The standard InChI is InChI=1S/C19H23ClN2O3S2/c1-22(27(24,25)17-11-9-16(26-2)10-12-17)14-19(23)21-13-5-7-15-6-3-4-8-18(15)20/h3-4,6,8-12H,5,7,13-14H2,1-2H3,(H,21,23). The highest BCUT2D eigenvalue weighted by molar-refractivity contribution is 7.98. The number of amides is 1. The molecule has 27 heavy (non-hydrogen) atoms. The van der Waals surface area contributed by atoms with Gasteiger partial charge in [-0.05, 0) is 55.0 Å². The molecule has 0 aliphatic heterocycles. The van der Waals surface area contributed by atoms with Crippen LogP contribution in [0.4, 0.5) is 0 Å². The number of nitrogens with one attached hydrogen (secondary N) is 1. The van der Waals surface area contributed by atoms with Gasteiger partial charge in [0.15, 0.2) is 0 Å². The highest BCUT2D eigenvalue weighted by Gasteiger charge is 2.22. The summed E-state index contributed by atoms with van der Waals surface area (Å²) >= 11 is 7.64. The molecule has 2 rings (SSSR count). The molecule has 0 aliphatic carbocycles. The van der Waals surface area contributed by atoms with Gasteiger partial charge in [-0.2, -0.15) is 4.31 Å². The van der Waals surface area contributed by atoms with E-state index in [2.05, 4.69) is 5.32 Å². The fraction of sp³-hybridized carbons (Fsp3) is 0.316. The average Bonchev–Trinajstić information content (AvgIpc) is 2.66. The smallest absolute Gasteiger partial charge is 0.243 e. The van der Waals surface area contributed by atoms with E-state index in [1.54, 1.807) is 24.3 Å². The number of halogens is 1. The molecular formula is C19H23ClN2O3S2. The Labute approximate surface area is 170 Å². The Morgan fingerprint density at radius 1 is 1.15 bits per heavy atom. The van der Waals surface area contributed by atoms with Gasteiger partial charge in [-0.3, -0.25) is 4.79 Å². The molecular weight excluding hydrogens is 404 g/mol. The van der Waals surface area contributed by atoms with E-state index >= 15 is 0 Å². The Morgan fingerprint density at radius 2 is 1.81 bits per heavy atom. The van der Waals surface area contributed by atoms with Crippen molar-refractivity contribution in [2.75, 3.05) is 26.4 Å². The molecule has 0 unspecified atom stereocenters. The molecule has 1 amide bonds. The van der Waals surface area contributed by atoms with Crippen molar-refractivity contribution in [1.29, 1.82) is 0 Å². The molecule has 0 saturated heterocycles. The molecule has 0 fully saturated rings. The first-order chi connectivity index (χ1) is 12.8. The van der Waals surface area contributed by atoms with Crippen molar-refractivity contribution >= 4 is 39.3 Å². The minimum Gasteiger partial charge on any atom is -0.355 e. The monoisotopic (exact) mass is 426 g/mol. The van der Waals surface area contributed by atoms with Crippen LogP contribution >= 0.6 is 23.4 Å². The highest BCUT2D eigenvalue weighted by atomic mass is 35.5. The molecule has 1 N–H and O–H groups in total. The fourth-order valence-electron chi connectivity index (χ4n) is 2.48. The van der Waals surface area contributed by atoms with Crippen LogP contribution in [0, 0.1) is 0 Å². The number of likely N-dealkylation sites (N-methyl/N-ethyl adjacent to an activating group) is 1. The van der Waals surface area contributed by atoms with E-state index in [1.807, 2.05) is 30.5 Å². The minimum absolute atomic E-state index is 0.175. The van der Waals surface area contributed by atoms with Crippen LogP contribution in [0.2, 0.25) is 5.02 Å². The van der Waals surface area contributed by atoms with Crippen molar-refractivity contribution in [2.24, 2.45) is 0 Å². The molecule has 0 aliphatic rings. The summed E-state index contributed by atoms with van der Waals surface area (Å²) in [7, 11) is -2.29. The molecule has 0 atom stereocenters. The Kier molecular flexibility index (Phi) is 8.16. The Balaban J connectivity index is 1.82. The molecule has 0 heterocycles. The van der Waals surface area contributed by atoms with Crippen molar-refractivity contribution in [3.05, 3.63) is 59.1 Å². The first-order valence-corrected chi connectivity index (χ1v) is 11.5. The summed E-state index contributed by atoms with van der Waals surface area (Å²) in [6.07, 6.45) is 3.39. The van der Waals surface area contributed by atoms with Crippen molar-refractivity contribution in [1.82, 2.24) is 9.62 Å². The van der Waals surface area contributed by atoms with Crippen LogP contribution in [0.5, 0.6) is 0 Å². The summed E-state index contributed by atoms with van der Waals surface area (Å²) < 4.78 is 26.1. The first-order valence-electron chi connectivity index (χ1n) is 8.45. The van der Waals surface area contributed by atoms with E-state index in [4.69, 9.17) is 11.6 Å². The number of rotatable bonds is 9. The lowest BCUT2D eigenvalue weighted by atomic mass is 10.1. The van der Waals surface area contributed by atoms with E-state index in [1.165, 1.54) is 18.8 Å². The number of carbonyl (C=O) groups is 1. The van der Waals surface area contributed by atoms with Crippen molar-refractivity contribution in [3.8, 4) is 0 Å². The summed E-state index contributed by atoms with van der Waals surface area (Å²) in [6.45, 7) is 0.235. The van der Waals surface area contributed by atoms with Gasteiger partial charge in [0.25, 0.3) is 0 Å². The molecule has 2 aromatic rings. The van der Waals surface area contributed by atoms with Gasteiger partial charge >= 0.3 is 0 Å². The topological polar surface area (TPSA) is 66.5 Å². The Hall–Kier alpha value is -1.54. The Bertz CT molecular complexity index is 871. The zero-order valence-corrected chi connectivity index (χ0v) is 17.7. The number of carbonyl (C=O) groups excluding carboxylic acids is 1. The van der Waals surface area contributed by atoms with Gasteiger partial charge in [0.1, 0.15) is 0 Å². The molecule has 5 nitrogen and oxygen atoms in total. The van der Waals surface area contributed by atoms with Gasteiger partial charge in [-0.25, -0.2) is 8.42 Å². The van der Waals surface area contributed by atoms with E-state index in [0.717, 1.165) is 27.6 Å². The second-order valence-electron chi connectivity index (χ2n) is 5.98. The van der Waals surface area contributed by atoms with Gasteiger partial charge in [0, 0.05) is 23.5 Å². The second kappa shape index (κ2) is 10.1. The SMILES string of the molecule is CSc1ccc(S(=O)(=O)N(C)CC(=O)NCCCc2ccccc2Cl)cc1. The zero-order valence-electron chi connectivity index (χ0n) is 15.3. The third kappa shape index (κ3) is 6.24. The predicted octanol–water partition coefficient (Wildman–Crippen LogP) is 3.43. The molecule has 0 saturated carbocycles. The third-order valence-corrected chi connectivity index (χ3v) is 6.97. The van der Waals surface area contributed by atoms with Crippen LogP contribution in [-0.4, -0.2) is 45.0 Å². The number of hydrogen-bond donors (Lipinski definition) is 1. The van der Waals surface area contributed by atoms with E-state index < -0.39 is 10.0 Å². The largest absolute Gasteiger partial charge is 0.355 e. The summed E-state index contributed by atoms with van der Waals surface area (Å²) in [6, 6.07) is 14.2. The van der Waals surface area contributed by atoms with Gasteiger partial charge in [-0.1, -0.05) is 29.8 Å². The molecule has 0 spiro atoms. The van der Waals surface area contributed by atoms with Crippen LogP contribution in [0.1, 0.15) is 12.0 Å². The summed E-state index contributed by atoms with van der Waals surface area (Å²) in [4.78, 5) is 13.2. The third-order valence-electron chi connectivity index (χ3n) is 4.04. The molecule has 2 aromatic carbocycles. The molecule has 0 aromatic heterocycles. The molecule has 8 heteroatoms. The van der Waals surface area contributed by atoms with Gasteiger partial charge in [0.05, 0.1) is 11.4 Å². The van der Waals surface area contributed by atoms with Crippen molar-refractivity contribution in [2.45, 2.75) is 22.6 Å². The van der Waals surface area contributed by atoms with E-state index in [-0.39, 0.29) is 17.3 Å². The zero-order chi connectivity index (χ0) is 19.9. The van der Waals surface area contributed by atoms with Crippen LogP contribution in [0.3, 0.4) is 0 Å². The quantitative estimate of drug-likeness (QED) is 0.492. The lowest BCUT2D eigenvalue weighted by molar-refractivity contribution is -0.121. The van der Waals surface area contributed by atoms with Crippen LogP contribution in [-0.2, 0) is 21.2 Å². The van der Waals surface area contributed by atoms with Crippen LogP contribution in [0.25, 0.3) is 0 Å². The number of nitrogens with zero attached hydrogens (tertiary/aromatic N) is 1. The lowest BCUT2D eigenvalue weighted by Gasteiger charge is -2.17. The van der Waals surface area contributed by atoms with E-state index in [9.17, 15) is 13.2 Å². The maximum Gasteiger partial charge on any atom is 0.243 e. The molecule has 146 valence electrons. The first kappa shape index (κ1) is 21.8. The highest BCUT2D eigenvalue weighted by Crippen LogP contribution is 2.20. The maximum absolute atomic E-state index is 12.5. The molecule has 0 radical (unpaired) electrons. The van der Waals surface area contributed by atoms with Crippen LogP contribution in [0.15, 0.2) is 58.3 Å². The predicted molar refractivity (Wildman–Crippen MR) is 111 cm³/mol. The second-order valence-corrected chi connectivity index (χ2v) is 9.31. The molecule has 0 bridgehead atoms. The van der Waals surface area contributed by atoms with E-state index in [0.29, 0.717) is 11.6 Å². The number of hydrogen-bond acceptors (Lipinski definition) is 4. The lowest BCUT2D eigenvalue weighted by Crippen LogP contribution is -2.38. The number of benzene rings is 2. The Morgan fingerprint density at radius 3 is 2.44 bits per heavy atom. The van der Waals surface area contributed by atoms with Crippen molar-refractivity contribution < 1.29 is 13.2 Å². The minimum atomic E-state index is -3.69. The van der Waals surface area contributed by atoms with Crippen LogP contribution < -0.4 is 5.32 Å². The normalized spacial score (nSPS) is 11.6.